The number of aromatic amines is 1. The van der Waals surface area contributed by atoms with E-state index >= 15 is 0 Å². The number of rotatable bonds is 12. The predicted molar refractivity (Wildman–Crippen MR) is 117 cm³/mol. The molecule has 0 bridgehead atoms. The molecule has 0 fully saturated rings. The molecule has 32 heavy (non-hydrogen) atoms. The topological polar surface area (TPSA) is 106 Å². The second kappa shape index (κ2) is 11.3. The van der Waals surface area contributed by atoms with Gasteiger partial charge in [0.15, 0.2) is 5.78 Å². The lowest BCUT2D eigenvalue weighted by Crippen LogP contribution is -2.37. The molecule has 1 aromatic carbocycles. The van der Waals surface area contributed by atoms with Gasteiger partial charge in [-0.25, -0.2) is 17.6 Å². The highest BCUT2D eigenvalue weighted by atomic mass is 32.2. The number of carbonyl (C=O) groups is 2. The van der Waals surface area contributed by atoms with Crippen LogP contribution in [0.15, 0.2) is 29.2 Å². The summed E-state index contributed by atoms with van der Waals surface area (Å²) in [6.07, 6.45) is 0.376. The maximum absolute atomic E-state index is 13.3. The zero-order valence-electron chi connectivity index (χ0n) is 18.7. The van der Waals surface area contributed by atoms with E-state index in [4.69, 9.17) is 9.47 Å². The highest BCUT2D eigenvalue weighted by Crippen LogP contribution is 2.22. The molecule has 1 N–H and O–H groups in total. The van der Waals surface area contributed by atoms with Crippen molar-refractivity contribution in [1.29, 1.82) is 0 Å². The van der Waals surface area contributed by atoms with Crippen molar-refractivity contribution in [3.05, 3.63) is 52.6 Å². The Morgan fingerprint density at radius 2 is 1.75 bits per heavy atom. The number of halogens is 1. The van der Waals surface area contributed by atoms with Crippen LogP contribution in [0.2, 0.25) is 0 Å². The lowest BCUT2D eigenvalue weighted by molar-refractivity contribution is 0.0519. The Balaban J connectivity index is 2.34. The van der Waals surface area contributed by atoms with Crippen molar-refractivity contribution < 1.29 is 31.9 Å². The minimum Gasteiger partial charge on any atom is -0.461 e. The number of hydrogen-bond donors (Lipinski definition) is 1. The molecule has 0 aliphatic rings. The van der Waals surface area contributed by atoms with Gasteiger partial charge in [0.2, 0.25) is 10.0 Å². The molecule has 0 aliphatic heterocycles. The number of ketones is 1. The van der Waals surface area contributed by atoms with Crippen LogP contribution in [0.25, 0.3) is 0 Å². The Labute approximate surface area is 187 Å². The number of aryl methyl sites for hydroxylation is 1. The number of esters is 1. The van der Waals surface area contributed by atoms with E-state index < -0.39 is 34.1 Å². The molecule has 8 nitrogen and oxygen atoms in total. The van der Waals surface area contributed by atoms with Gasteiger partial charge in [0.25, 0.3) is 0 Å². The molecule has 0 saturated carbocycles. The molecule has 10 heteroatoms. The first-order valence-corrected chi connectivity index (χ1v) is 11.8. The Morgan fingerprint density at radius 3 is 2.34 bits per heavy atom. The predicted octanol–water partition coefficient (Wildman–Crippen LogP) is 3.25. The molecule has 1 aromatic heterocycles. The standard InChI is InChI=1S/C22H29FN2O6S/c1-5-30-13-7-12-25(32(28,29)18-10-8-17(23)9-11-18)14-19(26)20-15(3)21(24-16(20)4)22(27)31-6-2/h8-11,24H,5-7,12-14H2,1-4H3. The average molecular weight is 469 g/mol. The Hall–Kier alpha value is -2.56. The van der Waals surface area contributed by atoms with E-state index in [1.807, 2.05) is 6.92 Å². The van der Waals surface area contributed by atoms with Gasteiger partial charge in [-0.05, 0) is 63.9 Å². The van der Waals surface area contributed by atoms with Crippen molar-refractivity contribution in [1.82, 2.24) is 9.29 Å². The zero-order valence-corrected chi connectivity index (χ0v) is 19.6. The summed E-state index contributed by atoms with van der Waals surface area (Å²) in [5, 5.41) is 0. The number of H-pyrrole nitrogens is 1. The van der Waals surface area contributed by atoms with Crippen LogP contribution in [0.5, 0.6) is 0 Å². The first-order valence-electron chi connectivity index (χ1n) is 10.4. The van der Waals surface area contributed by atoms with Crippen molar-refractivity contribution in [2.45, 2.75) is 39.0 Å². The van der Waals surface area contributed by atoms with E-state index in [0.29, 0.717) is 30.9 Å². The maximum Gasteiger partial charge on any atom is 0.355 e. The minimum absolute atomic E-state index is 0.0404. The van der Waals surface area contributed by atoms with E-state index in [2.05, 4.69) is 4.98 Å². The Kier molecular flexibility index (Phi) is 9.11. The van der Waals surface area contributed by atoms with Crippen LogP contribution in [0.3, 0.4) is 0 Å². The fourth-order valence-corrected chi connectivity index (χ4v) is 4.78. The number of sulfonamides is 1. The van der Waals surface area contributed by atoms with Gasteiger partial charge in [0.05, 0.1) is 18.0 Å². The van der Waals surface area contributed by atoms with Crippen LogP contribution in [0.4, 0.5) is 4.39 Å². The number of carbonyl (C=O) groups excluding carboxylic acids is 2. The fraction of sp³-hybridized carbons (Fsp3) is 0.455. The van der Waals surface area contributed by atoms with Gasteiger partial charge in [-0.3, -0.25) is 4.79 Å². The summed E-state index contributed by atoms with van der Waals surface area (Å²) in [6.45, 7) is 7.35. The van der Waals surface area contributed by atoms with Crippen LogP contribution in [0, 0.1) is 19.7 Å². The normalized spacial score (nSPS) is 11.7. The molecule has 0 amide bonds. The summed E-state index contributed by atoms with van der Waals surface area (Å²) in [5.41, 5.74) is 1.26. The van der Waals surface area contributed by atoms with Crippen LogP contribution < -0.4 is 0 Å². The van der Waals surface area contributed by atoms with Gasteiger partial charge in [-0.2, -0.15) is 4.31 Å². The summed E-state index contributed by atoms with van der Waals surface area (Å²) < 4.78 is 51.0. The molecule has 1 heterocycles. The molecule has 2 rings (SSSR count). The van der Waals surface area contributed by atoms with Gasteiger partial charge in [-0.1, -0.05) is 0 Å². The average Bonchev–Trinajstić information content (AvgIpc) is 3.04. The van der Waals surface area contributed by atoms with E-state index in [-0.39, 0.29) is 29.3 Å². The molecule has 0 saturated heterocycles. The molecule has 0 aliphatic carbocycles. The van der Waals surface area contributed by atoms with Crippen molar-refractivity contribution in [3.63, 3.8) is 0 Å². The number of ether oxygens (including phenoxy) is 2. The van der Waals surface area contributed by atoms with Gasteiger partial charge in [0.1, 0.15) is 11.5 Å². The summed E-state index contributed by atoms with van der Waals surface area (Å²) in [5.74, 6) is -1.61. The van der Waals surface area contributed by atoms with Crippen molar-refractivity contribution in [2.24, 2.45) is 0 Å². The zero-order chi connectivity index (χ0) is 23.9. The van der Waals surface area contributed by atoms with Crippen LogP contribution in [-0.4, -0.2) is 62.4 Å². The molecule has 176 valence electrons. The third-order valence-corrected chi connectivity index (χ3v) is 6.73. The van der Waals surface area contributed by atoms with Crippen molar-refractivity contribution >= 4 is 21.8 Å². The van der Waals surface area contributed by atoms with Crippen LogP contribution in [-0.2, 0) is 19.5 Å². The smallest absolute Gasteiger partial charge is 0.355 e. The lowest BCUT2D eigenvalue weighted by Gasteiger charge is -2.22. The molecule has 0 radical (unpaired) electrons. The Bertz CT molecular complexity index is 1050. The first-order chi connectivity index (χ1) is 15.1. The van der Waals surface area contributed by atoms with Gasteiger partial charge < -0.3 is 14.5 Å². The molecule has 0 unspecified atom stereocenters. The minimum atomic E-state index is -4.06. The highest BCUT2D eigenvalue weighted by molar-refractivity contribution is 7.89. The van der Waals surface area contributed by atoms with E-state index in [1.165, 1.54) is 0 Å². The first kappa shape index (κ1) is 25.7. The second-order valence-electron chi connectivity index (χ2n) is 7.11. The summed E-state index contributed by atoms with van der Waals surface area (Å²) in [6, 6.07) is 4.44. The van der Waals surface area contributed by atoms with E-state index in [9.17, 15) is 22.4 Å². The summed E-state index contributed by atoms with van der Waals surface area (Å²) >= 11 is 0. The second-order valence-corrected chi connectivity index (χ2v) is 9.05. The monoisotopic (exact) mass is 468 g/mol. The summed E-state index contributed by atoms with van der Waals surface area (Å²) in [7, 11) is -4.06. The van der Waals surface area contributed by atoms with Gasteiger partial charge in [0, 0.05) is 31.0 Å². The molecule has 0 spiro atoms. The molecular weight excluding hydrogens is 439 g/mol. The summed E-state index contributed by atoms with van der Waals surface area (Å²) in [4.78, 5) is 28.0. The number of nitrogens with zero attached hydrogens (tertiary/aromatic N) is 1. The van der Waals surface area contributed by atoms with Gasteiger partial charge >= 0.3 is 5.97 Å². The molecule has 2 aromatic rings. The van der Waals surface area contributed by atoms with E-state index in [0.717, 1.165) is 28.6 Å². The molecular formula is C22H29FN2O6S. The largest absolute Gasteiger partial charge is 0.461 e. The molecule has 0 atom stereocenters. The quantitative estimate of drug-likeness (QED) is 0.291. The van der Waals surface area contributed by atoms with Crippen LogP contribution in [0.1, 0.15) is 52.4 Å². The highest BCUT2D eigenvalue weighted by Gasteiger charge is 2.29. The van der Waals surface area contributed by atoms with Gasteiger partial charge in [-0.15, -0.1) is 0 Å². The lowest BCUT2D eigenvalue weighted by atomic mass is 10.1. The Morgan fingerprint density at radius 1 is 1.09 bits per heavy atom. The third kappa shape index (κ3) is 6.02. The van der Waals surface area contributed by atoms with E-state index in [1.54, 1.807) is 20.8 Å². The number of Topliss-reactive ketones (excluding diaryl/α,β-unsaturated/α-hetero) is 1. The SMILES string of the molecule is CCOCCCN(CC(=O)c1c(C)[nH]c(C(=O)OCC)c1C)S(=O)(=O)c1ccc(F)cc1. The number of nitrogens with one attached hydrogen (secondary N) is 1. The van der Waals surface area contributed by atoms with Crippen molar-refractivity contribution in [2.75, 3.05) is 32.9 Å². The van der Waals surface area contributed by atoms with Crippen molar-refractivity contribution in [3.8, 4) is 0 Å². The number of benzene rings is 1. The number of hydrogen-bond acceptors (Lipinski definition) is 6. The van der Waals surface area contributed by atoms with Crippen LogP contribution >= 0.6 is 0 Å². The number of aromatic nitrogens is 1. The maximum atomic E-state index is 13.3. The fourth-order valence-electron chi connectivity index (χ4n) is 3.34. The third-order valence-electron chi connectivity index (χ3n) is 4.87.